The fourth-order valence-corrected chi connectivity index (χ4v) is 7.87. The van der Waals surface area contributed by atoms with Gasteiger partial charge in [-0.1, -0.05) is 90.5 Å². The minimum absolute atomic E-state index is 0.0940. The average Bonchev–Trinajstić information content (AvgIpc) is 3.24. The molecule has 4 rings (SSSR count). The van der Waals surface area contributed by atoms with E-state index >= 15 is 0 Å². The van der Waals surface area contributed by atoms with Crippen LogP contribution in [0.4, 0.5) is 4.79 Å². The highest BCUT2D eigenvalue weighted by atomic mass is 31.2. The number of ether oxygens (including phenoxy) is 2. The Labute approximate surface area is 215 Å². The largest absolute Gasteiger partial charge is 0.466 e. The van der Waals surface area contributed by atoms with Gasteiger partial charge in [-0.25, -0.2) is 9.59 Å². The monoisotopic (exact) mass is 514 g/mol. The lowest BCUT2D eigenvalue weighted by Gasteiger charge is -2.28. The Morgan fingerprint density at radius 1 is 0.919 bits per heavy atom. The van der Waals surface area contributed by atoms with Gasteiger partial charge in [0.05, 0.1) is 32.0 Å². The van der Waals surface area contributed by atoms with E-state index in [1.165, 1.54) is 7.11 Å². The van der Waals surface area contributed by atoms with Crippen molar-refractivity contribution < 1.29 is 23.9 Å². The quantitative estimate of drug-likeness (QED) is 0.287. The first-order valence-electron chi connectivity index (χ1n) is 11.7. The number of hydrogen-bond acceptors (Lipinski definition) is 5. The second kappa shape index (κ2) is 11.2. The van der Waals surface area contributed by atoms with Gasteiger partial charge in [-0.3, -0.25) is 4.79 Å². The molecule has 1 aliphatic rings. The van der Waals surface area contributed by atoms with Crippen molar-refractivity contribution in [2.45, 2.75) is 13.8 Å². The Kier molecular flexibility index (Phi) is 7.85. The maximum atomic E-state index is 13.4. The predicted molar refractivity (Wildman–Crippen MR) is 145 cm³/mol. The molecule has 0 spiro atoms. The molecule has 188 valence electrons. The lowest BCUT2D eigenvalue weighted by Crippen LogP contribution is -2.21. The summed E-state index contributed by atoms with van der Waals surface area (Å²) in [6, 6.07) is 26.3. The Morgan fingerprint density at radius 3 is 2.00 bits per heavy atom. The number of aryl methyl sites for hydroxylation is 1. The standard InChI is InChI=1S/C29H27N2O5P/c1-4-36-29(34)31-37(22-11-7-5-8-12-22,23-13-9-6-10-14-23)27-24(19-25(32)35-3)28(33)30-26(27)21-17-15-20(2)16-18-21/h5-19H,4H2,1-3H3,(H,30,33)/b24-19-. The second-order valence-corrected chi connectivity index (χ2v) is 11.2. The van der Waals surface area contributed by atoms with Gasteiger partial charge >= 0.3 is 12.1 Å². The Hall–Kier alpha value is -4.22. The number of methoxy groups -OCH3 is 1. The Balaban J connectivity index is 2.23. The summed E-state index contributed by atoms with van der Waals surface area (Å²) in [5.41, 5.74) is 2.34. The summed E-state index contributed by atoms with van der Waals surface area (Å²) in [4.78, 5) is 39.0. The van der Waals surface area contributed by atoms with Crippen LogP contribution in [-0.4, -0.2) is 31.7 Å². The molecule has 3 aromatic rings. The Morgan fingerprint density at radius 2 is 1.49 bits per heavy atom. The van der Waals surface area contributed by atoms with Crippen LogP contribution < -0.4 is 15.9 Å². The zero-order valence-corrected chi connectivity index (χ0v) is 21.7. The van der Waals surface area contributed by atoms with Gasteiger partial charge in [-0.05, 0) is 19.4 Å². The van der Waals surface area contributed by atoms with Crippen LogP contribution in [0.25, 0.3) is 5.70 Å². The molecule has 0 saturated heterocycles. The summed E-state index contributed by atoms with van der Waals surface area (Å²) < 4.78 is 14.9. The molecule has 3 aromatic carbocycles. The van der Waals surface area contributed by atoms with Gasteiger partial charge in [-0.2, -0.15) is 4.74 Å². The average molecular weight is 515 g/mol. The second-order valence-electron chi connectivity index (χ2n) is 8.23. The van der Waals surface area contributed by atoms with E-state index < -0.39 is 25.0 Å². The third-order valence-corrected chi connectivity index (χ3v) is 9.53. The summed E-state index contributed by atoms with van der Waals surface area (Å²) in [5.74, 6) is -1.17. The van der Waals surface area contributed by atoms with Crippen molar-refractivity contribution in [3.63, 3.8) is 0 Å². The molecule has 2 amide bonds. The third kappa shape index (κ3) is 5.18. The summed E-state index contributed by atoms with van der Waals surface area (Å²) in [6.07, 6.45) is 0.406. The molecule has 0 fully saturated rings. The molecule has 0 aliphatic carbocycles. The van der Waals surface area contributed by atoms with E-state index in [4.69, 9.17) is 14.2 Å². The van der Waals surface area contributed by atoms with Gasteiger partial charge in [-0.15, -0.1) is 0 Å². The molecule has 1 aliphatic heterocycles. The van der Waals surface area contributed by atoms with Crippen molar-refractivity contribution in [3.8, 4) is 0 Å². The summed E-state index contributed by atoms with van der Waals surface area (Å²) in [6.45, 7) is 3.81. The van der Waals surface area contributed by atoms with Crippen molar-refractivity contribution in [1.29, 1.82) is 0 Å². The molecular formula is C29H27N2O5P. The third-order valence-electron chi connectivity index (χ3n) is 5.86. The summed E-state index contributed by atoms with van der Waals surface area (Å²) >= 11 is 0. The number of nitrogens with zero attached hydrogens (tertiary/aromatic N) is 1. The molecular weight excluding hydrogens is 487 g/mol. The Bertz CT molecular complexity index is 1400. The van der Waals surface area contributed by atoms with Crippen LogP contribution in [0, 0.1) is 6.92 Å². The number of benzene rings is 3. The molecule has 8 heteroatoms. The fraction of sp³-hybridized carbons (Fsp3) is 0.138. The van der Waals surface area contributed by atoms with Crippen LogP contribution in [0.3, 0.4) is 0 Å². The summed E-state index contributed by atoms with van der Waals surface area (Å²) in [7, 11) is -2.01. The van der Waals surface area contributed by atoms with Crippen molar-refractivity contribution in [2.24, 2.45) is 4.74 Å². The highest BCUT2D eigenvalue weighted by Crippen LogP contribution is 2.61. The van der Waals surface area contributed by atoms with E-state index in [1.807, 2.05) is 91.9 Å². The van der Waals surface area contributed by atoms with E-state index in [0.717, 1.165) is 27.8 Å². The number of carbonyl (C=O) groups excluding carboxylic acids is 3. The van der Waals surface area contributed by atoms with Crippen LogP contribution in [0.15, 0.2) is 107 Å². The number of nitrogens with one attached hydrogen (secondary N) is 1. The van der Waals surface area contributed by atoms with Gasteiger partial charge in [0.2, 0.25) is 0 Å². The maximum Gasteiger partial charge on any atom is 0.433 e. The van der Waals surface area contributed by atoms with Crippen LogP contribution in [0.1, 0.15) is 18.1 Å². The smallest absolute Gasteiger partial charge is 0.433 e. The highest BCUT2D eigenvalue weighted by Gasteiger charge is 2.42. The van der Waals surface area contributed by atoms with Gasteiger partial charge in [0.25, 0.3) is 5.91 Å². The molecule has 7 nitrogen and oxygen atoms in total. The first kappa shape index (κ1) is 25.9. The number of hydrogen-bond donors (Lipinski definition) is 1. The van der Waals surface area contributed by atoms with E-state index in [2.05, 4.69) is 5.32 Å². The molecule has 0 bridgehead atoms. The maximum absolute atomic E-state index is 13.4. The van der Waals surface area contributed by atoms with E-state index in [-0.39, 0.29) is 12.2 Å². The van der Waals surface area contributed by atoms with E-state index in [0.29, 0.717) is 11.0 Å². The minimum Gasteiger partial charge on any atom is -0.466 e. The lowest BCUT2D eigenvalue weighted by molar-refractivity contribution is -0.135. The first-order valence-corrected chi connectivity index (χ1v) is 13.5. The first-order chi connectivity index (χ1) is 17.9. The van der Waals surface area contributed by atoms with Crippen LogP contribution in [-0.2, 0) is 19.1 Å². The van der Waals surface area contributed by atoms with Gasteiger partial charge in [0.1, 0.15) is 0 Å². The molecule has 37 heavy (non-hydrogen) atoms. The van der Waals surface area contributed by atoms with E-state index in [9.17, 15) is 14.4 Å². The molecule has 0 atom stereocenters. The van der Waals surface area contributed by atoms with Crippen molar-refractivity contribution in [2.75, 3.05) is 13.7 Å². The molecule has 0 saturated carbocycles. The van der Waals surface area contributed by atoms with Crippen LogP contribution in [0.5, 0.6) is 0 Å². The number of esters is 1. The van der Waals surface area contributed by atoms with E-state index in [1.54, 1.807) is 6.92 Å². The van der Waals surface area contributed by atoms with Crippen molar-refractivity contribution in [1.82, 2.24) is 5.32 Å². The normalized spacial score (nSPS) is 14.4. The van der Waals surface area contributed by atoms with Crippen LogP contribution in [0.2, 0.25) is 0 Å². The number of amides is 2. The van der Waals surface area contributed by atoms with Crippen molar-refractivity contribution in [3.05, 3.63) is 113 Å². The van der Waals surface area contributed by atoms with Gasteiger partial charge in [0.15, 0.2) is 0 Å². The predicted octanol–water partition coefficient (Wildman–Crippen LogP) is 4.90. The summed E-state index contributed by atoms with van der Waals surface area (Å²) in [5, 5.41) is 4.85. The minimum atomic E-state index is -3.26. The topological polar surface area (TPSA) is 94.1 Å². The highest BCUT2D eigenvalue weighted by molar-refractivity contribution is 7.85. The van der Waals surface area contributed by atoms with Gasteiger partial charge in [0, 0.05) is 22.0 Å². The van der Waals surface area contributed by atoms with Gasteiger partial charge < -0.3 is 14.8 Å². The number of rotatable bonds is 6. The zero-order valence-electron chi connectivity index (χ0n) is 20.8. The number of carbonyl (C=O) groups is 3. The molecule has 0 unspecified atom stereocenters. The zero-order chi connectivity index (χ0) is 26.4. The van der Waals surface area contributed by atoms with Crippen LogP contribution >= 0.6 is 7.05 Å². The SMILES string of the molecule is CCOC(=O)N=P(C1=C(c2ccc(C)cc2)NC(=O)/C1=C\C(=O)OC)(c1ccccc1)c1ccccc1. The lowest BCUT2D eigenvalue weighted by atomic mass is 10.1. The molecule has 1 heterocycles. The van der Waals surface area contributed by atoms with Crippen molar-refractivity contribution >= 4 is 41.3 Å². The molecule has 0 aromatic heterocycles. The molecule has 1 N–H and O–H groups in total. The molecule has 0 radical (unpaired) electrons. The fourth-order valence-electron chi connectivity index (χ4n) is 4.19.